The predicted molar refractivity (Wildman–Crippen MR) is 109 cm³/mol. The van der Waals surface area contributed by atoms with E-state index in [1.54, 1.807) is 30.5 Å². The summed E-state index contributed by atoms with van der Waals surface area (Å²) in [6.07, 6.45) is 2.71. The molecule has 3 aromatic rings. The van der Waals surface area contributed by atoms with E-state index in [9.17, 15) is 8.42 Å². The first-order valence-corrected chi connectivity index (χ1v) is 10.2. The van der Waals surface area contributed by atoms with Gasteiger partial charge >= 0.3 is 10.1 Å². The Balaban J connectivity index is 1.69. The summed E-state index contributed by atoms with van der Waals surface area (Å²) >= 11 is 5.78. The van der Waals surface area contributed by atoms with Gasteiger partial charge in [-0.15, -0.1) is 0 Å². The van der Waals surface area contributed by atoms with E-state index in [4.69, 9.17) is 15.8 Å². The molecule has 0 unspecified atom stereocenters. The minimum absolute atomic E-state index is 0.0491. The molecule has 138 valence electrons. The Labute approximate surface area is 164 Å². The molecular weight excluding hydrogens is 382 g/mol. The molecule has 3 aromatic carbocycles. The zero-order chi connectivity index (χ0) is 19.3. The molecular formula is C21H18ClNO3S. The Morgan fingerprint density at radius 3 is 2.15 bits per heavy atom. The van der Waals surface area contributed by atoms with Gasteiger partial charge in [-0.1, -0.05) is 30.7 Å². The van der Waals surface area contributed by atoms with Crippen LogP contribution >= 0.6 is 11.6 Å². The first-order chi connectivity index (χ1) is 13.0. The van der Waals surface area contributed by atoms with Crippen LogP contribution in [0.15, 0.2) is 82.7 Å². The first-order valence-electron chi connectivity index (χ1n) is 8.39. The highest BCUT2D eigenvalue weighted by Crippen LogP contribution is 2.21. The van der Waals surface area contributed by atoms with E-state index in [1.165, 1.54) is 29.8 Å². The number of aliphatic imine (C=N–C) groups is 1. The molecule has 0 saturated carbocycles. The van der Waals surface area contributed by atoms with Gasteiger partial charge in [-0.2, -0.15) is 8.42 Å². The van der Waals surface area contributed by atoms with Crippen LogP contribution in [0.1, 0.15) is 18.1 Å². The quantitative estimate of drug-likeness (QED) is 0.410. The molecule has 0 bridgehead atoms. The monoisotopic (exact) mass is 399 g/mol. The number of aryl methyl sites for hydroxylation is 1. The minimum atomic E-state index is -3.90. The predicted octanol–water partition coefficient (Wildman–Crippen LogP) is 5.42. The third kappa shape index (κ3) is 5.18. The van der Waals surface area contributed by atoms with Crippen molar-refractivity contribution < 1.29 is 12.6 Å². The van der Waals surface area contributed by atoms with Crippen molar-refractivity contribution in [2.45, 2.75) is 18.2 Å². The van der Waals surface area contributed by atoms with Crippen molar-refractivity contribution in [2.75, 3.05) is 0 Å². The molecule has 0 spiro atoms. The SMILES string of the molecule is CCc1ccc(N=Cc2ccc(OS(=O)(=O)c3ccc(Cl)cc3)cc2)cc1. The van der Waals surface area contributed by atoms with Gasteiger partial charge in [0, 0.05) is 11.2 Å². The van der Waals surface area contributed by atoms with Gasteiger partial charge in [0.2, 0.25) is 0 Å². The zero-order valence-corrected chi connectivity index (χ0v) is 16.2. The normalized spacial score (nSPS) is 11.6. The standard InChI is InChI=1S/C21H18ClNO3S/c1-2-16-3-9-19(10-4-16)23-15-17-5-11-20(12-6-17)26-27(24,25)21-13-7-18(22)8-14-21/h3-15H,2H2,1H3. The van der Waals surface area contributed by atoms with Gasteiger partial charge in [0.25, 0.3) is 0 Å². The van der Waals surface area contributed by atoms with Gasteiger partial charge in [-0.05, 0) is 78.2 Å². The molecule has 0 radical (unpaired) electrons. The average Bonchev–Trinajstić information content (AvgIpc) is 2.68. The molecule has 6 heteroatoms. The molecule has 0 fully saturated rings. The fourth-order valence-corrected chi connectivity index (χ4v) is 3.41. The number of nitrogens with zero attached hydrogens (tertiary/aromatic N) is 1. The zero-order valence-electron chi connectivity index (χ0n) is 14.7. The Hall–Kier alpha value is -2.63. The maximum Gasteiger partial charge on any atom is 0.339 e. The fourth-order valence-electron chi connectivity index (χ4n) is 2.35. The Morgan fingerprint density at radius 2 is 1.56 bits per heavy atom. The second-order valence-corrected chi connectivity index (χ2v) is 7.82. The van der Waals surface area contributed by atoms with Crippen LogP contribution < -0.4 is 4.18 Å². The van der Waals surface area contributed by atoms with Crippen molar-refractivity contribution in [3.8, 4) is 5.75 Å². The summed E-state index contributed by atoms with van der Waals surface area (Å²) in [7, 11) is -3.90. The summed E-state index contributed by atoms with van der Waals surface area (Å²) in [5.41, 5.74) is 2.96. The van der Waals surface area contributed by atoms with Crippen molar-refractivity contribution in [2.24, 2.45) is 4.99 Å². The Bertz CT molecular complexity index is 1030. The van der Waals surface area contributed by atoms with E-state index in [-0.39, 0.29) is 10.6 Å². The van der Waals surface area contributed by atoms with Crippen molar-refractivity contribution in [3.63, 3.8) is 0 Å². The van der Waals surface area contributed by atoms with Crippen LogP contribution in [0.2, 0.25) is 5.02 Å². The molecule has 4 nitrogen and oxygen atoms in total. The third-order valence-electron chi connectivity index (χ3n) is 3.90. The number of benzene rings is 3. The van der Waals surface area contributed by atoms with Crippen molar-refractivity contribution in [1.82, 2.24) is 0 Å². The van der Waals surface area contributed by atoms with E-state index in [0.29, 0.717) is 5.02 Å². The summed E-state index contributed by atoms with van der Waals surface area (Å²) in [6, 6.07) is 20.5. The lowest BCUT2D eigenvalue weighted by Gasteiger charge is -2.07. The molecule has 0 aliphatic rings. The van der Waals surface area contributed by atoms with Crippen LogP contribution in [0.25, 0.3) is 0 Å². The Morgan fingerprint density at radius 1 is 0.926 bits per heavy atom. The van der Waals surface area contributed by atoms with Crippen LogP contribution in [0.3, 0.4) is 0 Å². The highest BCUT2D eigenvalue weighted by Gasteiger charge is 2.16. The molecule has 3 rings (SSSR count). The summed E-state index contributed by atoms with van der Waals surface area (Å²) in [5, 5.41) is 0.460. The fraction of sp³-hybridized carbons (Fsp3) is 0.0952. The van der Waals surface area contributed by atoms with Gasteiger partial charge in [-0.3, -0.25) is 4.99 Å². The lowest BCUT2D eigenvalue weighted by molar-refractivity contribution is 0.486. The van der Waals surface area contributed by atoms with Gasteiger partial charge in [0.05, 0.1) is 5.69 Å². The van der Waals surface area contributed by atoms with Crippen molar-refractivity contribution in [3.05, 3.63) is 88.9 Å². The number of hydrogen-bond donors (Lipinski definition) is 0. The Kier molecular flexibility index (Phi) is 5.94. The third-order valence-corrected chi connectivity index (χ3v) is 5.41. The number of hydrogen-bond acceptors (Lipinski definition) is 4. The smallest absolute Gasteiger partial charge is 0.339 e. The molecule has 0 N–H and O–H groups in total. The number of rotatable bonds is 6. The minimum Gasteiger partial charge on any atom is -0.379 e. The lowest BCUT2D eigenvalue weighted by atomic mass is 10.1. The van der Waals surface area contributed by atoms with Gasteiger partial charge in [0.15, 0.2) is 0 Å². The highest BCUT2D eigenvalue weighted by atomic mass is 35.5. The van der Waals surface area contributed by atoms with E-state index in [0.717, 1.165) is 17.7 Å². The first kappa shape index (κ1) is 19.1. The van der Waals surface area contributed by atoms with E-state index in [1.807, 2.05) is 24.3 Å². The topological polar surface area (TPSA) is 55.7 Å². The van der Waals surface area contributed by atoms with Gasteiger partial charge in [0.1, 0.15) is 10.6 Å². The lowest BCUT2D eigenvalue weighted by Crippen LogP contribution is -2.09. The molecule has 0 amide bonds. The molecule has 0 heterocycles. The summed E-state index contributed by atoms with van der Waals surface area (Å²) in [5.74, 6) is 0.231. The van der Waals surface area contributed by atoms with Crippen molar-refractivity contribution >= 4 is 33.6 Å². The second kappa shape index (κ2) is 8.37. The maximum absolute atomic E-state index is 12.3. The molecule has 0 aliphatic carbocycles. The molecule has 0 aromatic heterocycles. The van der Waals surface area contributed by atoms with Crippen LogP contribution in [-0.4, -0.2) is 14.6 Å². The van der Waals surface area contributed by atoms with Gasteiger partial charge < -0.3 is 4.18 Å². The van der Waals surface area contributed by atoms with Crippen LogP contribution in [-0.2, 0) is 16.5 Å². The number of halogens is 1. The van der Waals surface area contributed by atoms with Crippen LogP contribution in [0, 0.1) is 0 Å². The molecule has 27 heavy (non-hydrogen) atoms. The van der Waals surface area contributed by atoms with E-state index >= 15 is 0 Å². The second-order valence-electron chi connectivity index (χ2n) is 5.84. The average molecular weight is 400 g/mol. The van der Waals surface area contributed by atoms with Crippen LogP contribution in [0.4, 0.5) is 5.69 Å². The van der Waals surface area contributed by atoms with Gasteiger partial charge in [-0.25, -0.2) is 0 Å². The maximum atomic E-state index is 12.3. The van der Waals surface area contributed by atoms with Crippen molar-refractivity contribution in [1.29, 1.82) is 0 Å². The molecule has 0 aliphatic heterocycles. The van der Waals surface area contributed by atoms with E-state index < -0.39 is 10.1 Å². The summed E-state index contributed by atoms with van der Waals surface area (Å²) in [4.78, 5) is 4.46. The summed E-state index contributed by atoms with van der Waals surface area (Å²) in [6.45, 7) is 2.11. The highest BCUT2D eigenvalue weighted by molar-refractivity contribution is 7.87. The molecule has 0 saturated heterocycles. The van der Waals surface area contributed by atoms with Crippen LogP contribution in [0.5, 0.6) is 5.75 Å². The largest absolute Gasteiger partial charge is 0.379 e. The molecule has 0 atom stereocenters. The van der Waals surface area contributed by atoms with E-state index in [2.05, 4.69) is 11.9 Å². The summed E-state index contributed by atoms with van der Waals surface area (Å²) < 4.78 is 29.7.